The number of aliphatic hydroxyl groups excluding tert-OH is 1. The first-order valence-electron chi connectivity index (χ1n) is 7.61. The van der Waals surface area contributed by atoms with Crippen molar-refractivity contribution in [1.82, 2.24) is 10.2 Å². The molecule has 0 saturated carbocycles. The van der Waals surface area contributed by atoms with E-state index in [9.17, 15) is 5.11 Å². The van der Waals surface area contributed by atoms with Crippen LogP contribution in [0.25, 0.3) is 0 Å². The van der Waals surface area contributed by atoms with Gasteiger partial charge in [-0.3, -0.25) is 4.90 Å². The van der Waals surface area contributed by atoms with E-state index in [2.05, 4.69) is 44.8 Å². The van der Waals surface area contributed by atoms with Gasteiger partial charge in [-0.05, 0) is 40.2 Å². The van der Waals surface area contributed by atoms with Gasteiger partial charge in [-0.25, -0.2) is 0 Å². The van der Waals surface area contributed by atoms with Crippen molar-refractivity contribution in [1.29, 1.82) is 0 Å². The van der Waals surface area contributed by atoms with Gasteiger partial charge in [-0.1, -0.05) is 13.8 Å². The van der Waals surface area contributed by atoms with E-state index in [1.807, 2.05) is 0 Å². The maximum Gasteiger partial charge on any atom is 0.0678 e. The summed E-state index contributed by atoms with van der Waals surface area (Å²) in [5, 5.41) is 13.0. The molecule has 0 aromatic heterocycles. The summed E-state index contributed by atoms with van der Waals surface area (Å²) in [5.74, 6) is 0. The van der Waals surface area contributed by atoms with Crippen LogP contribution in [0.15, 0.2) is 0 Å². The summed E-state index contributed by atoms with van der Waals surface area (Å²) in [5.41, 5.74) is -0.155. The molecule has 1 fully saturated rings. The largest absolute Gasteiger partial charge is 0.394 e. The Morgan fingerprint density at radius 3 is 2.37 bits per heavy atom. The Morgan fingerprint density at radius 2 is 1.89 bits per heavy atom. The predicted molar refractivity (Wildman–Crippen MR) is 79.4 cm³/mol. The van der Waals surface area contributed by atoms with Gasteiger partial charge in [0.1, 0.15) is 0 Å². The quantitative estimate of drug-likeness (QED) is 0.739. The normalized spacial score (nSPS) is 28.6. The highest BCUT2D eigenvalue weighted by atomic mass is 16.5. The van der Waals surface area contributed by atoms with E-state index in [1.54, 1.807) is 0 Å². The second kappa shape index (κ2) is 7.58. The third-order valence-electron chi connectivity index (χ3n) is 3.68. The highest BCUT2D eigenvalue weighted by molar-refractivity contribution is 4.84. The molecule has 1 saturated heterocycles. The molecule has 0 aromatic carbocycles. The van der Waals surface area contributed by atoms with E-state index < -0.39 is 0 Å². The Morgan fingerprint density at radius 1 is 1.32 bits per heavy atom. The van der Waals surface area contributed by atoms with Crippen LogP contribution in [0, 0.1) is 0 Å². The first kappa shape index (κ1) is 16.9. The van der Waals surface area contributed by atoms with E-state index in [0.717, 1.165) is 32.5 Å². The van der Waals surface area contributed by atoms with Gasteiger partial charge in [0.25, 0.3) is 0 Å². The molecule has 4 heteroatoms. The molecule has 1 heterocycles. The lowest BCUT2D eigenvalue weighted by Crippen LogP contribution is -2.50. The minimum atomic E-state index is -0.155. The minimum Gasteiger partial charge on any atom is -0.394 e. The Hall–Kier alpha value is -0.160. The van der Waals surface area contributed by atoms with Crippen molar-refractivity contribution in [3.63, 3.8) is 0 Å². The summed E-state index contributed by atoms with van der Waals surface area (Å²) in [6.45, 7) is 14.0. The summed E-state index contributed by atoms with van der Waals surface area (Å²) in [6.07, 6.45) is 2.78. The van der Waals surface area contributed by atoms with Crippen molar-refractivity contribution in [2.75, 3.05) is 26.2 Å². The second-order valence-corrected chi connectivity index (χ2v) is 6.64. The van der Waals surface area contributed by atoms with E-state index in [4.69, 9.17) is 4.74 Å². The zero-order chi connectivity index (χ0) is 14.5. The first-order valence-corrected chi connectivity index (χ1v) is 7.61. The molecule has 4 nitrogen and oxygen atoms in total. The van der Waals surface area contributed by atoms with Crippen molar-refractivity contribution in [3.05, 3.63) is 0 Å². The minimum absolute atomic E-state index is 0.155. The molecular formula is C15H32N2O2. The molecule has 114 valence electrons. The highest BCUT2D eigenvalue weighted by Gasteiger charge is 2.25. The Kier molecular flexibility index (Phi) is 6.74. The molecule has 1 aliphatic rings. The van der Waals surface area contributed by atoms with Crippen molar-refractivity contribution in [3.8, 4) is 0 Å². The molecule has 3 atom stereocenters. The lowest BCUT2D eigenvalue weighted by atomic mass is 9.95. The fourth-order valence-electron chi connectivity index (χ4n) is 3.05. The van der Waals surface area contributed by atoms with Crippen LogP contribution in [0.4, 0.5) is 0 Å². The van der Waals surface area contributed by atoms with E-state index >= 15 is 0 Å². The number of aliphatic hydroxyl groups is 1. The second-order valence-electron chi connectivity index (χ2n) is 6.64. The molecule has 2 N–H and O–H groups in total. The monoisotopic (exact) mass is 272 g/mol. The van der Waals surface area contributed by atoms with Crippen LogP contribution in [-0.2, 0) is 4.74 Å². The van der Waals surface area contributed by atoms with Gasteiger partial charge in [0, 0.05) is 24.7 Å². The number of morpholine rings is 1. The Labute approximate surface area is 118 Å². The van der Waals surface area contributed by atoms with Crippen LogP contribution in [0.5, 0.6) is 0 Å². The number of hydrogen-bond donors (Lipinski definition) is 2. The van der Waals surface area contributed by atoms with Gasteiger partial charge in [0.2, 0.25) is 0 Å². The predicted octanol–water partition coefficient (Wildman–Crippen LogP) is 1.62. The van der Waals surface area contributed by atoms with Crippen LogP contribution < -0.4 is 5.32 Å². The van der Waals surface area contributed by atoms with Crippen molar-refractivity contribution < 1.29 is 9.84 Å². The molecule has 0 bridgehead atoms. The third kappa shape index (κ3) is 6.21. The van der Waals surface area contributed by atoms with Crippen LogP contribution in [0.2, 0.25) is 0 Å². The molecule has 0 aliphatic carbocycles. The van der Waals surface area contributed by atoms with Gasteiger partial charge < -0.3 is 15.2 Å². The van der Waals surface area contributed by atoms with Crippen molar-refractivity contribution in [2.45, 2.75) is 71.2 Å². The van der Waals surface area contributed by atoms with Gasteiger partial charge in [-0.15, -0.1) is 0 Å². The number of hydrogen-bond acceptors (Lipinski definition) is 4. The third-order valence-corrected chi connectivity index (χ3v) is 3.68. The van der Waals surface area contributed by atoms with Crippen molar-refractivity contribution >= 4 is 0 Å². The molecule has 1 aliphatic heterocycles. The zero-order valence-corrected chi connectivity index (χ0v) is 13.3. The zero-order valence-electron chi connectivity index (χ0n) is 13.3. The Bertz CT molecular complexity index is 251. The van der Waals surface area contributed by atoms with Gasteiger partial charge in [0.15, 0.2) is 0 Å². The standard InChI is InChI=1S/C15H32N2O2/c1-12(2)16-15(5,11-18)7-6-8-17-9-13(3)19-14(4)10-17/h12-14,16,18H,6-11H2,1-5H3/t13-,14+,15?. The van der Waals surface area contributed by atoms with Crippen LogP contribution >= 0.6 is 0 Å². The number of nitrogens with zero attached hydrogens (tertiary/aromatic N) is 1. The van der Waals surface area contributed by atoms with Crippen LogP contribution in [0.1, 0.15) is 47.5 Å². The SMILES string of the molecule is CC(C)NC(C)(CO)CCCN1C[C@@H](C)O[C@@H](C)C1. The van der Waals surface area contributed by atoms with Crippen LogP contribution in [-0.4, -0.2) is 60.0 Å². The van der Waals surface area contributed by atoms with Gasteiger partial charge in [-0.2, -0.15) is 0 Å². The van der Waals surface area contributed by atoms with Gasteiger partial charge >= 0.3 is 0 Å². The molecular weight excluding hydrogens is 240 g/mol. The molecule has 1 rings (SSSR count). The molecule has 19 heavy (non-hydrogen) atoms. The molecule has 0 aromatic rings. The molecule has 0 radical (unpaired) electrons. The summed E-state index contributed by atoms with van der Waals surface area (Å²) in [6, 6.07) is 0.403. The maximum absolute atomic E-state index is 9.56. The van der Waals surface area contributed by atoms with E-state index in [1.165, 1.54) is 0 Å². The average Bonchev–Trinajstić information content (AvgIpc) is 2.26. The average molecular weight is 272 g/mol. The smallest absolute Gasteiger partial charge is 0.0678 e. The fourth-order valence-corrected chi connectivity index (χ4v) is 3.05. The summed E-state index contributed by atoms with van der Waals surface area (Å²) >= 11 is 0. The number of rotatable bonds is 7. The lowest BCUT2D eigenvalue weighted by molar-refractivity contribution is -0.0686. The lowest BCUT2D eigenvalue weighted by Gasteiger charge is -2.36. The highest BCUT2D eigenvalue weighted by Crippen LogP contribution is 2.16. The summed E-state index contributed by atoms with van der Waals surface area (Å²) in [4.78, 5) is 2.48. The van der Waals surface area contributed by atoms with E-state index in [-0.39, 0.29) is 12.1 Å². The molecule has 0 spiro atoms. The Balaban J connectivity index is 2.31. The van der Waals surface area contributed by atoms with Crippen molar-refractivity contribution in [2.24, 2.45) is 0 Å². The summed E-state index contributed by atoms with van der Waals surface area (Å²) in [7, 11) is 0. The number of ether oxygens (including phenoxy) is 1. The van der Waals surface area contributed by atoms with E-state index in [0.29, 0.717) is 18.2 Å². The fraction of sp³-hybridized carbons (Fsp3) is 1.00. The molecule has 1 unspecified atom stereocenters. The molecule has 0 amide bonds. The number of nitrogens with one attached hydrogen (secondary N) is 1. The maximum atomic E-state index is 9.56. The first-order chi connectivity index (χ1) is 8.84. The summed E-state index contributed by atoms with van der Waals surface area (Å²) < 4.78 is 5.74. The van der Waals surface area contributed by atoms with Gasteiger partial charge in [0.05, 0.1) is 18.8 Å². The van der Waals surface area contributed by atoms with Crippen LogP contribution in [0.3, 0.4) is 0 Å². The topological polar surface area (TPSA) is 44.7 Å².